The fraction of sp³-hybridized carbons (Fsp3) is 0.409. The third-order valence-electron chi connectivity index (χ3n) is 5.44. The average Bonchev–Trinajstić information content (AvgIpc) is 3.19. The molecule has 1 aliphatic rings. The van der Waals surface area contributed by atoms with Crippen LogP contribution in [-0.4, -0.2) is 57.8 Å². The predicted octanol–water partition coefficient (Wildman–Crippen LogP) is 2.64. The number of aromatic nitrogens is 2. The maximum atomic E-state index is 12.4. The van der Waals surface area contributed by atoms with Crippen LogP contribution in [-0.2, 0) is 11.3 Å². The Bertz CT molecular complexity index is 1070. The molecular weight excluding hydrogens is 398 g/mol. The average molecular weight is 426 g/mol. The van der Waals surface area contributed by atoms with Gasteiger partial charge in [0.2, 0.25) is 5.91 Å². The van der Waals surface area contributed by atoms with Gasteiger partial charge in [0, 0.05) is 56.1 Å². The maximum Gasteiger partial charge on any atom is 0.258 e. The number of fused-ring (bicyclic) bond motifs is 1. The van der Waals surface area contributed by atoms with Gasteiger partial charge in [0.1, 0.15) is 0 Å². The molecule has 3 heterocycles. The van der Waals surface area contributed by atoms with Crippen LogP contribution in [0.3, 0.4) is 0 Å². The molecule has 1 aromatic carbocycles. The number of carbonyl (C=O) groups is 1. The molecule has 0 atom stereocenters. The first-order valence-electron chi connectivity index (χ1n) is 10.3. The van der Waals surface area contributed by atoms with E-state index >= 15 is 0 Å². The van der Waals surface area contributed by atoms with Gasteiger partial charge in [0.05, 0.1) is 12.2 Å². The predicted molar refractivity (Wildman–Crippen MR) is 120 cm³/mol. The summed E-state index contributed by atoms with van der Waals surface area (Å²) >= 11 is 1.47. The highest BCUT2D eigenvalue weighted by Gasteiger charge is 2.20. The molecule has 0 radical (unpaired) electrons. The first-order chi connectivity index (χ1) is 14.5. The second-order valence-corrected chi connectivity index (χ2v) is 8.89. The van der Waals surface area contributed by atoms with Crippen molar-refractivity contribution in [3.8, 4) is 0 Å². The largest absolute Gasteiger partial charge is 0.325 e. The zero-order valence-electron chi connectivity index (χ0n) is 17.4. The number of amides is 1. The Kier molecular flexibility index (Phi) is 6.26. The lowest BCUT2D eigenvalue weighted by molar-refractivity contribution is -0.117. The lowest BCUT2D eigenvalue weighted by Gasteiger charge is -2.34. The van der Waals surface area contributed by atoms with E-state index in [1.807, 2.05) is 17.5 Å². The van der Waals surface area contributed by atoms with Crippen molar-refractivity contribution in [1.29, 1.82) is 0 Å². The van der Waals surface area contributed by atoms with E-state index in [0.717, 1.165) is 42.5 Å². The molecule has 0 unspecified atom stereocenters. The summed E-state index contributed by atoms with van der Waals surface area (Å²) in [5.74, 6) is 0.492. The van der Waals surface area contributed by atoms with Crippen LogP contribution in [0.5, 0.6) is 0 Å². The molecule has 158 valence electrons. The fourth-order valence-electron chi connectivity index (χ4n) is 3.66. The van der Waals surface area contributed by atoms with Gasteiger partial charge in [-0.25, -0.2) is 4.98 Å². The van der Waals surface area contributed by atoms with Crippen LogP contribution in [0, 0.1) is 0 Å². The number of thiazole rings is 1. The summed E-state index contributed by atoms with van der Waals surface area (Å²) in [5.41, 5.74) is 2.87. The van der Waals surface area contributed by atoms with Gasteiger partial charge in [-0.1, -0.05) is 26.0 Å². The molecule has 0 spiro atoms. The molecule has 1 fully saturated rings. The van der Waals surface area contributed by atoms with Gasteiger partial charge in [0.15, 0.2) is 4.96 Å². The summed E-state index contributed by atoms with van der Waals surface area (Å²) in [5, 5.41) is 4.86. The van der Waals surface area contributed by atoms with Gasteiger partial charge in [0.25, 0.3) is 5.56 Å². The van der Waals surface area contributed by atoms with E-state index in [0.29, 0.717) is 19.0 Å². The van der Waals surface area contributed by atoms with Gasteiger partial charge < -0.3 is 5.32 Å². The molecule has 1 aliphatic heterocycles. The molecule has 3 aromatic rings. The van der Waals surface area contributed by atoms with E-state index < -0.39 is 0 Å². The number of carbonyl (C=O) groups excluding carboxylic acids is 1. The van der Waals surface area contributed by atoms with Crippen molar-refractivity contribution in [3.05, 3.63) is 63.5 Å². The molecule has 30 heavy (non-hydrogen) atoms. The highest BCUT2D eigenvalue weighted by Crippen LogP contribution is 2.17. The third kappa shape index (κ3) is 4.95. The van der Waals surface area contributed by atoms with Gasteiger partial charge in [-0.2, -0.15) is 0 Å². The van der Waals surface area contributed by atoms with Crippen molar-refractivity contribution >= 4 is 27.9 Å². The first kappa shape index (κ1) is 20.7. The quantitative estimate of drug-likeness (QED) is 0.658. The minimum atomic E-state index is -0.0343. The zero-order chi connectivity index (χ0) is 21.1. The van der Waals surface area contributed by atoms with Crippen molar-refractivity contribution in [1.82, 2.24) is 19.2 Å². The van der Waals surface area contributed by atoms with E-state index in [1.165, 1.54) is 16.9 Å². The lowest BCUT2D eigenvalue weighted by atomic mass is 10.0. The lowest BCUT2D eigenvalue weighted by Crippen LogP contribution is -2.48. The van der Waals surface area contributed by atoms with Crippen LogP contribution >= 0.6 is 11.3 Å². The Morgan fingerprint density at radius 2 is 1.83 bits per heavy atom. The monoisotopic (exact) mass is 425 g/mol. The van der Waals surface area contributed by atoms with Gasteiger partial charge in [-0.3, -0.25) is 23.8 Å². The molecule has 2 aromatic heterocycles. The van der Waals surface area contributed by atoms with Crippen LogP contribution in [0.2, 0.25) is 0 Å². The molecule has 0 aliphatic carbocycles. The van der Waals surface area contributed by atoms with Gasteiger partial charge in [-0.15, -0.1) is 11.3 Å². The van der Waals surface area contributed by atoms with Crippen molar-refractivity contribution in [2.45, 2.75) is 26.3 Å². The molecule has 1 saturated heterocycles. The number of piperazine rings is 1. The standard InChI is InChI=1S/C22H27N5O2S/c1-16(2)17-3-5-18(6-4-17)23-20(28)15-26-9-7-25(8-10-26)14-19-13-21(29)27-11-12-30-22(27)24-19/h3-6,11-13,16H,7-10,14-15H2,1-2H3,(H,23,28). The number of hydrogen-bond donors (Lipinski definition) is 1. The molecule has 1 N–H and O–H groups in total. The molecular formula is C22H27N5O2S. The van der Waals surface area contributed by atoms with E-state index in [4.69, 9.17) is 0 Å². The second kappa shape index (κ2) is 9.07. The number of benzene rings is 1. The van der Waals surface area contributed by atoms with Gasteiger partial charge in [-0.05, 0) is 23.6 Å². The summed E-state index contributed by atoms with van der Waals surface area (Å²) in [7, 11) is 0. The Hall–Kier alpha value is -2.55. The Balaban J connectivity index is 1.25. The number of nitrogens with one attached hydrogen (secondary N) is 1. The summed E-state index contributed by atoms with van der Waals surface area (Å²) in [4.78, 5) is 34.3. The fourth-order valence-corrected chi connectivity index (χ4v) is 4.40. The van der Waals surface area contributed by atoms with Crippen molar-refractivity contribution in [2.24, 2.45) is 0 Å². The SMILES string of the molecule is CC(C)c1ccc(NC(=O)CN2CCN(Cc3cc(=O)n4ccsc4n3)CC2)cc1. The molecule has 0 bridgehead atoms. The Labute approximate surface area is 180 Å². The summed E-state index contributed by atoms with van der Waals surface area (Å²) < 4.78 is 1.57. The summed E-state index contributed by atoms with van der Waals surface area (Å²) in [6, 6.07) is 9.67. The number of rotatable bonds is 6. The van der Waals surface area contributed by atoms with Crippen molar-refractivity contribution < 1.29 is 4.79 Å². The van der Waals surface area contributed by atoms with Crippen LogP contribution in [0.1, 0.15) is 31.0 Å². The molecule has 0 saturated carbocycles. The molecule has 7 nitrogen and oxygen atoms in total. The summed E-state index contributed by atoms with van der Waals surface area (Å²) in [6.07, 6.45) is 1.75. The third-order valence-corrected chi connectivity index (χ3v) is 6.19. The smallest absolute Gasteiger partial charge is 0.258 e. The highest BCUT2D eigenvalue weighted by atomic mass is 32.1. The van der Waals surface area contributed by atoms with E-state index in [9.17, 15) is 9.59 Å². The van der Waals surface area contributed by atoms with E-state index in [2.05, 4.69) is 46.1 Å². The molecule has 4 rings (SSSR count). The summed E-state index contributed by atoms with van der Waals surface area (Å²) in [6.45, 7) is 8.70. The Morgan fingerprint density at radius 3 is 2.53 bits per heavy atom. The molecule has 1 amide bonds. The minimum Gasteiger partial charge on any atom is -0.325 e. The van der Waals surface area contributed by atoms with Crippen LogP contribution < -0.4 is 10.9 Å². The highest BCUT2D eigenvalue weighted by molar-refractivity contribution is 7.15. The van der Waals surface area contributed by atoms with E-state index in [1.54, 1.807) is 16.7 Å². The number of anilines is 1. The normalized spacial score (nSPS) is 15.7. The minimum absolute atomic E-state index is 0.0126. The van der Waals surface area contributed by atoms with Crippen LogP contribution in [0.15, 0.2) is 46.7 Å². The molecule has 8 heteroatoms. The second-order valence-electron chi connectivity index (χ2n) is 8.02. The first-order valence-corrected chi connectivity index (χ1v) is 11.2. The zero-order valence-corrected chi connectivity index (χ0v) is 18.2. The number of hydrogen-bond acceptors (Lipinski definition) is 6. The Morgan fingerprint density at radius 1 is 1.13 bits per heavy atom. The topological polar surface area (TPSA) is 70.0 Å². The van der Waals surface area contributed by atoms with Gasteiger partial charge >= 0.3 is 0 Å². The van der Waals surface area contributed by atoms with E-state index in [-0.39, 0.29) is 11.5 Å². The maximum absolute atomic E-state index is 12.4. The number of nitrogens with zero attached hydrogens (tertiary/aromatic N) is 4. The van der Waals surface area contributed by atoms with Crippen LogP contribution in [0.4, 0.5) is 5.69 Å². The van der Waals surface area contributed by atoms with Crippen molar-refractivity contribution in [2.75, 3.05) is 38.0 Å². The van der Waals surface area contributed by atoms with Crippen LogP contribution in [0.25, 0.3) is 4.96 Å². The van der Waals surface area contributed by atoms with Crippen molar-refractivity contribution in [3.63, 3.8) is 0 Å².